The molecule has 0 aliphatic carbocycles. The summed E-state index contributed by atoms with van der Waals surface area (Å²) in [6.07, 6.45) is 1.39. The van der Waals surface area contributed by atoms with Crippen LogP contribution in [0.3, 0.4) is 0 Å². The highest BCUT2D eigenvalue weighted by atomic mass is 32.1. The summed E-state index contributed by atoms with van der Waals surface area (Å²) in [5.41, 5.74) is 3.00. The molecule has 0 aliphatic heterocycles. The third kappa shape index (κ3) is 3.94. The number of aryl methyl sites for hydroxylation is 2. The molecule has 0 saturated carbocycles. The molecule has 0 radical (unpaired) electrons. The summed E-state index contributed by atoms with van der Waals surface area (Å²) in [7, 11) is 0. The van der Waals surface area contributed by atoms with Crippen LogP contribution in [0.5, 0.6) is 0 Å². The number of benzene rings is 2. The van der Waals surface area contributed by atoms with E-state index in [9.17, 15) is 9.59 Å². The van der Waals surface area contributed by atoms with Gasteiger partial charge in [-0.1, -0.05) is 47.6 Å². The molecule has 1 N–H and O–H groups in total. The molecule has 0 atom stereocenters. The first-order valence-electron chi connectivity index (χ1n) is 10.2. The SMILES string of the molecule is Cc1ccccc1-c1noc(-c2sc3ncn(CC(=O)Nc4ccccc4)c(=O)c3c2C)n1. The third-order valence-electron chi connectivity index (χ3n) is 5.30. The van der Waals surface area contributed by atoms with Crippen molar-refractivity contribution >= 4 is 33.1 Å². The molecule has 3 aromatic heterocycles. The minimum atomic E-state index is -0.308. The van der Waals surface area contributed by atoms with Crippen molar-refractivity contribution in [1.82, 2.24) is 19.7 Å². The summed E-state index contributed by atoms with van der Waals surface area (Å²) in [6, 6.07) is 16.9. The zero-order valence-electron chi connectivity index (χ0n) is 17.9. The second kappa shape index (κ2) is 8.44. The maximum atomic E-state index is 13.1. The maximum Gasteiger partial charge on any atom is 0.268 e. The van der Waals surface area contributed by atoms with Gasteiger partial charge in [0.2, 0.25) is 11.7 Å². The number of hydrogen-bond donors (Lipinski definition) is 1. The van der Waals surface area contributed by atoms with Gasteiger partial charge in [-0.15, -0.1) is 11.3 Å². The topological polar surface area (TPSA) is 103 Å². The van der Waals surface area contributed by atoms with Gasteiger partial charge in [-0.3, -0.25) is 14.2 Å². The van der Waals surface area contributed by atoms with E-state index in [1.54, 1.807) is 12.1 Å². The molecule has 164 valence electrons. The molecule has 0 saturated heterocycles. The van der Waals surface area contributed by atoms with Crippen LogP contribution in [0.4, 0.5) is 5.69 Å². The summed E-state index contributed by atoms with van der Waals surface area (Å²) < 4.78 is 6.82. The Morgan fingerprint density at radius 3 is 2.64 bits per heavy atom. The van der Waals surface area contributed by atoms with E-state index in [1.165, 1.54) is 22.2 Å². The number of hydrogen-bond acceptors (Lipinski definition) is 7. The van der Waals surface area contributed by atoms with Crippen molar-refractivity contribution in [2.24, 2.45) is 0 Å². The van der Waals surface area contributed by atoms with Gasteiger partial charge < -0.3 is 9.84 Å². The lowest BCUT2D eigenvalue weighted by Crippen LogP contribution is -2.27. The fraction of sp³-hybridized carbons (Fsp3) is 0.125. The van der Waals surface area contributed by atoms with Crippen LogP contribution in [0.1, 0.15) is 11.1 Å². The van der Waals surface area contributed by atoms with Gasteiger partial charge in [0.05, 0.1) is 16.6 Å². The zero-order chi connectivity index (χ0) is 22.9. The van der Waals surface area contributed by atoms with Gasteiger partial charge in [0, 0.05) is 11.3 Å². The normalized spacial score (nSPS) is 11.1. The Hall–Kier alpha value is -4.11. The van der Waals surface area contributed by atoms with Crippen LogP contribution in [0, 0.1) is 13.8 Å². The largest absolute Gasteiger partial charge is 0.333 e. The van der Waals surface area contributed by atoms with Crippen molar-refractivity contribution in [3.05, 3.63) is 82.4 Å². The fourth-order valence-corrected chi connectivity index (χ4v) is 4.66. The fourth-order valence-electron chi connectivity index (χ4n) is 3.60. The molecule has 0 unspecified atom stereocenters. The summed E-state index contributed by atoms with van der Waals surface area (Å²) in [5.74, 6) is 0.516. The van der Waals surface area contributed by atoms with Crippen LogP contribution in [0.2, 0.25) is 0 Å². The van der Waals surface area contributed by atoms with Gasteiger partial charge in [0.15, 0.2) is 0 Å². The van der Waals surface area contributed by atoms with E-state index >= 15 is 0 Å². The molecule has 9 heteroatoms. The number of anilines is 1. The molecule has 0 spiro atoms. The van der Waals surface area contributed by atoms with Crippen LogP contribution >= 0.6 is 11.3 Å². The molecular weight excluding hydrogens is 438 g/mol. The molecule has 8 nitrogen and oxygen atoms in total. The quantitative estimate of drug-likeness (QED) is 0.419. The number of carbonyl (C=O) groups is 1. The highest BCUT2D eigenvalue weighted by molar-refractivity contribution is 7.22. The number of para-hydroxylation sites is 1. The van der Waals surface area contributed by atoms with Crippen molar-refractivity contribution in [3.8, 4) is 22.2 Å². The average molecular weight is 458 g/mol. The van der Waals surface area contributed by atoms with Gasteiger partial charge in [0.25, 0.3) is 11.4 Å². The average Bonchev–Trinajstić information content (AvgIpc) is 3.42. The molecule has 5 rings (SSSR count). The van der Waals surface area contributed by atoms with E-state index in [4.69, 9.17) is 4.52 Å². The van der Waals surface area contributed by atoms with Crippen molar-refractivity contribution in [2.45, 2.75) is 20.4 Å². The Labute approximate surface area is 192 Å². The lowest BCUT2D eigenvalue weighted by atomic mass is 10.1. The zero-order valence-corrected chi connectivity index (χ0v) is 18.7. The Kier molecular flexibility index (Phi) is 5.31. The summed E-state index contributed by atoms with van der Waals surface area (Å²) in [5, 5.41) is 7.34. The lowest BCUT2D eigenvalue weighted by Gasteiger charge is -2.07. The number of nitrogens with zero attached hydrogens (tertiary/aromatic N) is 4. The van der Waals surface area contributed by atoms with Crippen LogP contribution in [-0.2, 0) is 11.3 Å². The van der Waals surface area contributed by atoms with E-state index in [2.05, 4.69) is 20.4 Å². The Bertz CT molecular complexity index is 1540. The van der Waals surface area contributed by atoms with Crippen LogP contribution < -0.4 is 10.9 Å². The maximum absolute atomic E-state index is 13.1. The van der Waals surface area contributed by atoms with Crippen LogP contribution in [0.15, 0.2) is 70.2 Å². The summed E-state index contributed by atoms with van der Waals surface area (Å²) in [6.45, 7) is 3.67. The first kappa shape index (κ1) is 20.8. The third-order valence-corrected chi connectivity index (χ3v) is 6.48. The lowest BCUT2D eigenvalue weighted by molar-refractivity contribution is -0.116. The van der Waals surface area contributed by atoms with Crippen LogP contribution in [-0.4, -0.2) is 25.6 Å². The molecule has 1 amide bonds. The molecule has 0 fully saturated rings. The van der Waals surface area contributed by atoms with E-state index < -0.39 is 0 Å². The van der Waals surface area contributed by atoms with Crippen molar-refractivity contribution in [1.29, 1.82) is 0 Å². The van der Waals surface area contributed by atoms with E-state index in [1.807, 2.05) is 56.3 Å². The van der Waals surface area contributed by atoms with E-state index in [0.29, 0.717) is 38.1 Å². The summed E-state index contributed by atoms with van der Waals surface area (Å²) in [4.78, 5) is 35.7. The van der Waals surface area contributed by atoms with Crippen molar-refractivity contribution in [2.75, 3.05) is 5.32 Å². The van der Waals surface area contributed by atoms with Crippen molar-refractivity contribution in [3.63, 3.8) is 0 Å². The number of nitrogens with one attached hydrogen (secondary N) is 1. The van der Waals surface area contributed by atoms with Crippen LogP contribution in [0.25, 0.3) is 32.4 Å². The van der Waals surface area contributed by atoms with Gasteiger partial charge in [0.1, 0.15) is 11.4 Å². The molecule has 5 aromatic rings. The van der Waals surface area contributed by atoms with E-state index in [0.717, 1.165) is 11.1 Å². The van der Waals surface area contributed by atoms with Gasteiger partial charge in [-0.05, 0) is 37.1 Å². The Morgan fingerprint density at radius 2 is 1.85 bits per heavy atom. The van der Waals surface area contributed by atoms with Crippen molar-refractivity contribution < 1.29 is 9.32 Å². The Balaban J connectivity index is 1.46. The molecule has 33 heavy (non-hydrogen) atoms. The molecule has 0 aliphatic rings. The van der Waals surface area contributed by atoms with Gasteiger partial charge in [-0.25, -0.2) is 4.98 Å². The first-order chi connectivity index (χ1) is 16.0. The second-order valence-electron chi connectivity index (χ2n) is 7.57. The predicted molar refractivity (Wildman–Crippen MR) is 127 cm³/mol. The minimum Gasteiger partial charge on any atom is -0.333 e. The standard InChI is InChI=1S/C24H19N5O3S/c1-14-8-6-7-11-17(14)21-27-22(32-28-21)20-15(2)19-23(33-20)25-13-29(24(19)31)12-18(30)26-16-9-4-3-5-10-16/h3-11,13H,12H2,1-2H3,(H,26,30). The number of rotatable bonds is 5. The molecule has 0 bridgehead atoms. The van der Waals surface area contributed by atoms with Gasteiger partial charge >= 0.3 is 0 Å². The number of amides is 1. The Morgan fingerprint density at radius 1 is 1.09 bits per heavy atom. The second-order valence-corrected chi connectivity index (χ2v) is 8.57. The molecular formula is C24H19N5O3S. The highest BCUT2D eigenvalue weighted by Gasteiger charge is 2.21. The number of aromatic nitrogens is 4. The molecule has 2 aromatic carbocycles. The number of thiophene rings is 1. The smallest absolute Gasteiger partial charge is 0.268 e. The number of carbonyl (C=O) groups excluding carboxylic acids is 1. The summed E-state index contributed by atoms with van der Waals surface area (Å²) >= 11 is 1.31. The highest BCUT2D eigenvalue weighted by Crippen LogP contribution is 2.35. The number of fused-ring (bicyclic) bond motifs is 1. The monoisotopic (exact) mass is 457 g/mol. The predicted octanol–water partition coefficient (Wildman–Crippen LogP) is 4.43. The van der Waals surface area contributed by atoms with Gasteiger partial charge in [-0.2, -0.15) is 4.98 Å². The first-order valence-corrected chi connectivity index (χ1v) is 11.1. The van der Waals surface area contributed by atoms with E-state index in [-0.39, 0.29) is 18.0 Å². The minimum absolute atomic E-state index is 0.140. The molecule has 3 heterocycles.